The van der Waals surface area contributed by atoms with Crippen molar-refractivity contribution in [3.05, 3.63) is 38.4 Å². The molecule has 0 aliphatic rings. The Hall–Kier alpha value is -0.810. The van der Waals surface area contributed by atoms with Crippen molar-refractivity contribution in [1.82, 2.24) is 4.98 Å². The van der Waals surface area contributed by atoms with Gasteiger partial charge in [0.15, 0.2) is 0 Å². The molecule has 2 aromatic rings. The highest BCUT2D eigenvalue weighted by Gasteiger charge is 2.36. The second kappa shape index (κ2) is 4.38. The maximum absolute atomic E-state index is 12.9. The van der Waals surface area contributed by atoms with Crippen LogP contribution in [0.1, 0.15) is 16.8 Å². The average Bonchev–Trinajstić information content (AvgIpc) is 2.26. The van der Waals surface area contributed by atoms with Crippen LogP contribution in [0.3, 0.4) is 0 Å². The molecule has 0 aliphatic heterocycles. The molecule has 0 spiro atoms. The number of benzene rings is 1. The molecule has 0 amide bonds. The highest BCUT2D eigenvalue weighted by Crippen LogP contribution is 2.39. The first-order valence-electron chi connectivity index (χ1n) is 5.05. The van der Waals surface area contributed by atoms with Gasteiger partial charge in [-0.2, -0.15) is 13.2 Å². The lowest BCUT2D eigenvalue weighted by Gasteiger charge is -2.14. The molecule has 0 bridgehead atoms. The number of halogens is 5. The molecule has 0 saturated heterocycles. The van der Waals surface area contributed by atoms with Crippen LogP contribution in [0.5, 0.6) is 0 Å². The van der Waals surface area contributed by atoms with Crippen molar-refractivity contribution in [1.29, 1.82) is 0 Å². The van der Waals surface area contributed by atoms with Crippen LogP contribution in [0.25, 0.3) is 10.9 Å². The first kappa shape index (κ1) is 13.6. The van der Waals surface area contributed by atoms with Crippen LogP contribution in [0.4, 0.5) is 13.2 Å². The quantitative estimate of drug-likeness (QED) is 0.636. The van der Waals surface area contributed by atoms with Crippen LogP contribution in [0.2, 0.25) is 5.02 Å². The topological polar surface area (TPSA) is 12.9 Å². The maximum Gasteiger partial charge on any atom is 0.433 e. The second-order valence-corrected chi connectivity index (χ2v) is 5.22. The van der Waals surface area contributed by atoms with E-state index < -0.39 is 11.9 Å². The van der Waals surface area contributed by atoms with E-state index in [2.05, 4.69) is 20.9 Å². The summed E-state index contributed by atoms with van der Waals surface area (Å²) in [7, 11) is 0. The van der Waals surface area contributed by atoms with Gasteiger partial charge in [0.25, 0.3) is 0 Å². The van der Waals surface area contributed by atoms with Crippen molar-refractivity contribution in [2.24, 2.45) is 0 Å². The maximum atomic E-state index is 12.9. The highest BCUT2D eigenvalue weighted by atomic mass is 79.9. The fourth-order valence-electron chi connectivity index (χ4n) is 1.82. The van der Waals surface area contributed by atoms with Crippen molar-refractivity contribution in [3.8, 4) is 0 Å². The number of rotatable bonds is 0. The van der Waals surface area contributed by atoms with E-state index in [-0.39, 0.29) is 16.1 Å². The van der Waals surface area contributed by atoms with E-state index in [0.29, 0.717) is 9.86 Å². The zero-order valence-corrected chi connectivity index (χ0v) is 11.8. The van der Waals surface area contributed by atoms with Crippen LogP contribution in [0, 0.1) is 13.8 Å². The van der Waals surface area contributed by atoms with Crippen molar-refractivity contribution in [3.63, 3.8) is 0 Å². The summed E-state index contributed by atoms with van der Waals surface area (Å²) in [6, 6.07) is 3.45. The minimum Gasteiger partial charge on any atom is -0.242 e. The molecule has 6 heteroatoms. The molecule has 0 unspecified atom stereocenters. The van der Waals surface area contributed by atoms with Gasteiger partial charge in [0, 0.05) is 9.86 Å². The molecule has 1 nitrogen and oxygen atoms in total. The standard InChI is InChI=1S/C12H8BrClF3N/c1-5-3-4-7(13)10-8(5)9(14)6(2)11(18-10)12(15,16)17/h3-4H,1-2H3. The largest absolute Gasteiger partial charge is 0.433 e. The van der Waals surface area contributed by atoms with Gasteiger partial charge >= 0.3 is 6.18 Å². The molecule has 0 fully saturated rings. The number of hydrogen-bond acceptors (Lipinski definition) is 1. The lowest BCUT2D eigenvalue weighted by atomic mass is 10.1. The fourth-order valence-corrected chi connectivity index (χ4v) is 2.56. The van der Waals surface area contributed by atoms with Gasteiger partial charge in [0.1, 0.15) is 5.69 Å². The van der Waals surface area contributed by atoms with Crippen molar-refractivity contribution < 1.29 is 13.2 Å². The number of aromatic nitrogens is 1. The Morgan fingerprint density at radius 1 is 1.22 bits per heavy atom. The second-order valence-electron chi connectivity index (χ2n) is 3.99. The summed E-state index contributed by atoms with van der Waals surface area (Å²) in [5.74, 6) is 0. The molecule has 0 aliphatic carbocycles. The third-order valence-corrected chi connectivity index (χ3v) is 3.85. The summed E-state index contributed by atoms with van der Waals surface area (Å²) in [5.41, 5.74) is 0.0459. The fraction of sp³-hybridized carbons (Fsp3) is 0.250. The zero-order valence-electron chi connectivity index (χ0n) is 9.49. The summed E-state index contributed by atoms with van der Waals surface area (Å²) < 4.78 is 39.1. The Morgan fingerprint density at radius 3 is 2.39 bits per heavy atom. The number of alkyl halides is 3. The normalized spacial score (nSPS) is 12.2. The monoisotopic (exact) mass is 337 g/mol. The molecule has 0 saturated carbocycles. The van der Waals surface area contributed by atoms with Gasteiger partial charge in [-0.15, -0.1) is 0 Å². The van der Waals surface area contributed by atoms with E-state index in [1.54, 1.807) is 19.1 Å². The van der Waals surface area contributed by atoms with E-state index in [1.165, 1.54) is 6.92 Å². The van der Waals surface area contributed by atoms with Gasteiger partial charge in [-0.25, -0.2) is 4.98 Å². The number of nitrogens with zero attached hydrogens (tertiary/aromatic N) is 1. The van der Waals surface area contributed by atoms with Gasteiger partial charge in [-0.05, 0) is 47.0 Å². The Morgan fingerprint density at radius 2 is 1.83 bits per heavy atom. The zero-order chi connectivity index (χ0) is 13.7. The van der Waals surface area contributed by atoms with Crippen LogP contribution in [-0.4, -0.2) is 4.98 Å². The molecule has 96 valence electrons. The summed E-state index contributed by atoms with van der Waals surface area (Å²) >= 11 is 9.26. The third-order valence-electron chi connectivity index (χ3n) is 2.73. The molecule has 1 aromatic heterocycles. The Bertz CT molecular complexity index is 637. The lowest BCUT2D eigenvalue weighted by molar-refractivity contribution is -0.141. The summed E-state index contributed by atoms with van der Waals surface area (Å²) in [4.78, 5) is 3.71. The minimum absolute atomic E-state index is 0.0436. The van der Waals surface area contributed by atoms with Gasteiger partial charge in [0.05, 0.1) is 10.5 Å². The molecule has 18 heavy (non-hydrogen) atoms. The van der Waals surface area contributed by atoms with Crippen molar-refractivity contribution in [2.45, 2.75) is 20.0 Å². The van der Waals surface area contributed by atoms with Crippen molar-refractivity contribution >= 4 is 38.4 Å². The molecular formula is C12H8BrClF3N. The molecule has 0 radical (unpaired) electrons. The third kappa shape index (κ3) is 2.10. The predicted molar refractivity (Wildman–Crippen MR) is 68.9 cm³/mol. The number of fused-ring (bicyclic) bond motifs is 1. The van der Waals surface area contributed by atoms with Crippen LogP contribution < -0.4 is 0 Å². The van der Waals surface area contributed by atoms with E-state index in [0.717, 1.165) is 5.56 Å². The number of pyridine rings is 1. The van der Waals surface area contributed by atoms with Gasteiger partial charge in [-0.3, -0.25) is 0 Å². The first-order chi connectivity index (χ1) is 8.23. The van der Waals surface area contributed by atoms with Gasteiger partial charge in [0.2, 0.25) is 0 Å². The Kier molecular flexibility index (Phi) is 3.32. The SMILES string of the molecule is Cc1c(C(F)(F)F)nc2c(Br)ccc(C)c2c1Cl. The lowest BCUT2D eigenvalue weighted by Crippen LogP contribution is -2.11. The summed E-state index contributed by atoms with van der Waals surface area (Å²) in [6.45, 7) is 3.12. The minimum atomic E-state index is -4.51. The summed E-state index contributed by atoms with van der Waals surface area (Å²) in [5, 5.41) is 0.655. The van der Waals surface area contributed by atoms with Crippen LogP contribution in [-0.2, 0) is 6.18 Å². The molecule has 0 N–H and O–H groups in total. The predicted octanol–water partition coefficient (Wildman–Crippen LogP) is 5.29. The molecule has 1 heterocycles. The average molecular weight is 339 g/mol. The van der Waals surface area contributed by atoms with E-state index in [4.69, 9.17) is 11.6 Å². The number of aryl methyl sites for hydroxylation is 1. The molecular weight excluding hydrogens is 330 g/mol. The van der Waals surface area contributed by atoms with Crippen LogP contribution >= 0.6 is 27.5 Å². The Balaban J connectivity index is 2.97. The van der Waals surface area contributed by atoms with E-state index in [1.807, 2.05) is 0 Å². The first-order valence-corrected chi connectivity index (χ1v) is 6.22. The van der Waals surface area contributed by atoms with E-state index in [9.17, 15) is 13.2 Å². The van der Waals surface area contributed by atoms with E-state index >= 15 is 0 Å². The van der Waals surface area contributed by atoms with Crippen LogP contribution in [0.15, 0.2) is 16.6 Å². The number of hydrogen-bond donors (Lipinski definition) is 0. The Labute approximate surface area is 115 Å². The van der Waals surface area contributed by atoms with Gasteiger partial charge < -0.3 is 0 Å². The molecule has 2 rings (SSSR count). The molecule has 0 atom stereocenters. The highest BCUT2D eigenvalue weighted by molar-refractivity contribution is 9.10. The summed E-state index contributed by atoms with van der Waals surface area (Å²) in [6.07, 6.45) is -4.51. The van der Waals surface area contributed by atoms with Crippen molar-refractivity contribution in [2.75, 3.05) is 0 Å². The van der Waals surface area contributed by atoms with Gasteiger partial charge in [-0.1, -0.05) is 17.7 Å². The smallest absolute Gasteiger partial charge is 0.242 e. The molecule has 1 aromatic carbocycles.